The predicted molar refractivity (Wildman–Crippen MR) is 137 cm³/mol. The molecule has 1 aliphatic rings. The lowest BCUT2D eigenvalue weighted by atomic mass is 9.93. The van der Waals surface area contributed by atoms with Gasteiger partial charge in [0.1, 0.15) is 6.04 Å². The van der Waals surface area contributed by atoms with Gasteiger partial charge in [0.2, 0.25) is 11.8 Å². The smallest absolute Gasteiger partial charge is 0.243 e. The van der Waals surface area contributed by atoms with Crippen molar-refractivity contribution in [3.8, 4) is 12.3 Å². The Balaban J connectivity index is 1.52. The van der Waals surface area contributed by atoms with Crippen molar-refractivity contribution >= 4 is 33.9 Å². The second-order valence-electron chi connectivity index (χ2n) is 8.97. The maximum Gasteiger partial charge on any atom is 0.243 e. The Morgan fingerprint density at radius 3 is 2.57 bits per heavy atom. The highest BCUT2D eigenvalue weighted by Gasteiger charge is 2.27. The molecular formula is C26H33N4O4S-. The minimum atomic E-state index is -2.54. The fourth-order valence-electron chi connectivity index (χ4n) is 4.60. The minimum absolute atomic E-state index is 0.0631. The first-order chi connectivity index (χ1) is 16.8. The van der Waals surface area contributed by atoms with Gasteiger partial charge in [0.15, 0.2) is 0 Å². The topological polar surface area (TPSA) is 105 Å². The molecule has 0 aliphatic carbocycles. The molecule has 3 rings (SSSR count). The highest BCUT2D eigenvalue weighted by Crippen LogP contribution is 2.31. The lowest BCUT2D eigenvalue weighted by Gasteiger charge is -2.38. The SMILES string of the molecule is C#CCNC(=O)C(C)NC(=O)CN(CC1CCN(C(C)c2cccc3ccccc23)CC1)S(=O)[O-]. The number of fused-ring (bicyclic) bond motifs is 1. The van der Waals surface area contributed by atoms with Crippen molar-refractivity contribution in [3.63, 3.8) is 0 Å². The van der Waals surface area contributed by atoms with Gasteiger partial charge in [-0.05, 0) is 62.0 Å². The standard InChI is InChI=1S/C26H34N4O4S/c1-4-14-27-26(32)19(2)28-25(31)18-30(35(33)34)17-21-12-15-29(16-13-21)20(3)23-11-7-9-22-8-5-6-10-24(22)23/h1,5-11,19-21H,12-18H2,2-3H3,(H,27,32)(H,28,31)(H,33,34)/p-1. The van der Waals surface area contributed by atoms with E-state index in [1.165, 1.54) is 23.3 Å². The van der Waals surface area contributed by atoms with Gasteiger partial charge in [0.05, 0.1) is 13.1 Å². The molecule has 2 aromatic carbocycles. The molecule has 0 radical (unpaired) electrons. The van der Waals surface area contributed by atoms with E-state index >= 15 is 0 Å². The lowest BCUT2D eigenvalue weighted by molar-refractivity contribution is -0.128. The van der Waals surface area contributed by atoms with E-state index in [9.17, 15) is 18.4 Å². The van der Waals surface area contributed by atoms with Gasteiger partial charge in [-0.25, -0.2) is 4.31 Å². The molecule has 3 atom stereocenters. The van der Waals surface area contributed by atoms with E-state index in [4.69, 9.17) is 6.42 Å². The van der Waals surface area contributed by atoms with E-state index in [1.807, 2.05) is 6.07 Å². The first-order valence-electron chi connectivity index (χ1n) is 11.9. The first kappa shape index (κ1) is 26.8. The molecule has 8 nitrogen and oxygen atoms in total. The fraction of sp³-hybridized carbons (Fsp3) is 0.462. The van der Waals surface area contributed by atoms with Crippen molar-refractivity contribution in [2.75, 3.05) is 32.7 Å². The van der Waals surface area contributed by atoms with Gasteiger partial charge in [-0.3, -0.25) is 18.7 Å². The molecule has 188 valence electrons. The molecule has 9 heteroatoms. The van der Waals surface area contributed by atoms with Crippen LogP contribution >= 0.6 is 0 Å². The molecule has 2 N–H and O–H groups in total. The largest absolute Gasteiger partial charge is 0.760 e. The Hall–Kier alpha value is -2.77. The summed E-state index contributed by atoms with van der Waals surface area (Å²) in [6.07, 6.45) is 6.80. The summed E-state index contributed by atoms with van der Waals surface area (Å²) in [4.78, 5) is 26.6. The Kier molecular flexibility index (Phi) is 9.81. The summed E-state index contributed by atoms with van der Waals surface area (Å²) >= 11 is -2.54. The highest BCUT2D eigenvalue weighted by atomic mass is 32.2. The average molecular weight is 498 g/mol. The molecule has 2 aromatic rings. The Labute approximate surface area is 209 Å². The van der Waals surface area contributed by atoms with Gasteiger partial charge < -0.3 is 15.2 Å². The van der Waals surface area contributed by atoms with Crippen molar-refractivity contribution in [3.05, 3.63) is 48.0 Å². The Morgan fingerprint density at radius 2 is 1.89 bits per heavy atom. The molecule has 1 saturated heterocycles. The third kappa shape index (κ3) is 7.36. The maximum absolute atomic E-state index is 12.3. The van der Waals surface area contributed by atoms with Gasteiger partial charge in [0, 0.05) is 23.9 Å². The van der Waals surface area contributed by atoms with Crippen LogP contribution in [0.4, 0.5) is 0 Å². The van der Waals surface area contributed by atoms with E-state index < -0.39 is 29.1 Å². The molecular weight excluding hydrogens is 464 g/mol. The van der Waals surface area contributed by atoms with Gasteiger partial charge in [-0.1, -0.05) is 48.4 Å². The molecule has 1 aliphatic heterocycles. The number of carbonyl (C=O) groups excluding carboxylic acids is 2. The van der Waals surface area contributed by atoms with Crippen LogP contribution in [0.15, 0.2) is 42.5 Å². The van der Waals surface area contributed by atoms with Crippen LogP contribution in [0, 0.1) is 18.3 Å². The molecule has 0 bridgehead atoms. The van der Waals surface area contributed by atoms with E-state index in [1.54, 1.807) is 0 Å². The van der Waals surface area contributed by atoms with Crippen molar-refractivity contribution in [1.29, 1.82) is 0 Å². The van der Waals surface area contributed by atoms with Crippen LogP contribution in [0.1, 0.15) is 38.3 Å². The Bertz CT molecular complexity index is 1090. The molecule has 1 fully saturated rings. The van der Waals surface area contributed by atoms with Crippen molar-refractivity contribution in [2.45, 2.75) is 38.8 Å². The number of hydrogen-bond donors (Lipinski definition) is 2. The summed E-state index contributed by atoms with van der Waals surface area (Å²) in [5, 5.41) is 7.49. The zero-order valence-corrected chi connectivity index (χ0v) is 21.1. The normalized spacial score (nSPS) is 17.5. The molecule has 35 heavy (non-hydrogen) atoms. The number of likely N-dealkylation sites (tertiary alicyclic amines) is 1. The summed E-state index contributed by atoms with van der Waals surface area (Å²) in [5.74, 6) is 1.50. The first-order valence-corrected chi connectivity index (χ1v) is 12.9. The fourth-order valence-corrected chi connectivity index (χ4v) is 5.16. The summed E-state index contributed by atoms with van der Waals surface area (Å²) in [6, 6.07) is 14.2. The van der Waals surface area contributed by atoms with Crippen LogP contribution in [-0.4, -0.2) is 68.5 Å². The highest BCUT2D eigenvalue weighted by molar-refractivity contribution is 7.76. The van der Waals surface area contributed by atoms with Crippen LogP contribution in [0.5, 0.6) is 0 Å². The predicted octanol–water partition coefficient (Wildman–Crippen LogP) is 1.96. The van der Waals surface area contributed by atoms with Crippen LogP contribution in [-0.2, 0) is 20.9 Å². The summed E-state index contributed by atoms with van der Waals surface area (Å²) in [7, 11) is 0. The average Bonchev–Trinajstić information content (AvgIpc) is 2.86. The number of terminal acetylenes is 1. The second kappa shape index (κ2) is 12.8. The van der Waals surface area contributed by atoms with Crippen molar-refractivity contribution in [1.82, 2.24) is 19.8 Å². The molecule has 0 spiro atoms. The van der Waals surface area contributed by atoms with Gasteiger partial charge >= 0.3 is 0 Å². The molecule has 0 aromatic heterocycles. The summed E-state index contributed by atoms with van der Waals surface area (Å²) < 4.78 is 24.7. The Morgan fingerprint density at radius 1 is 1.20 bits per heavy atom. The van der Waals surface area contributed by atoms with Crippen LogP contribution in [0.2, 0.25) is 0 Å². The quantitative estimate of drug-likeness (QED) is 0.386. The van der Waals surface area contributed by atoms with E-state index in [0.717, 1.165) is 30.2 Å². The van der Waals surface area contributed by atoms with E-state index in [2.05, 4.69) is 64.8 Å². The number of nitrogens with one attached hydrogen (secondary N) is 2. The number of amides is 2. The van der Waals surface area contributed by atoms with Gasteiger partial charge in [0.25, 0.3) is 0 Å². The maximum atomic E-state index is 12.3. The molecule has 2 amide bonds. The lowest BCUT2D eigenvalue weighted by Crippen LogP contribution is -2.49. The van der Waals surface area contributed by atoms with Crippen LogP contribution < -0.4 is 10.6 Å². The summed E-state index contributed by atoms with van der Waals surface area (Å²) in [5.41, 5.74) is 1.29. The monoisotopic (exact) mass is 497 g/mol. The van der Waals surface area contributed by atoms with Gasteiger partial charge in [-0.15, -0.1) is 6.42 Å². The van der Waals surface area contributed by atoms with E-state index in [-0.39, 0.29) is 31.6 Å². The van der Waals surface area contributed by atoms with Crippen LogP contribution in [0.25, 0.3) is 10.8 Å². The van der Waals surface area contributed by atoms with Crippen molar-refractivity contribution < 1.29 is 18.4 Å². The molecule has 1 heterocycles. The number of rotatable bonds is 10. The zero-order chi connectivity index (χ0) is 25.4. The van der Waals surface area contributed by atoms with Crippen molar-refractivity contribution in [2.24, 2.45) is 5.92 Å². The number of carbonyl (C=O) groups is 2. The second-order valence-corrected chi connectivity index (χ2v) is 9.93. The zero-order valence-electron chi connectivity index (χ0n) is 20.2. The number of nitrogens with zero attached hydrogens (tertiary/aromatic N) is 2. The number of hydrogen-bond acceptors (Lipinski definition) is 5. The third-order valence-corrected chi connectivity index (χ3v) is 7.30. The minimum Gasteiger partial charge on any atom is -0.760 e. The number of piperidine rings is 1. The number of benzene rings is 2. The molecule has 0 saturated carbocycles. The van der Waals surface area contributed by atoms with Crippen LogP contribution in [0.3, 0.4) is 0 Å². The third-order valence-electron chi connectivity index (χ3n) is 6.60. The summed E-state index contributed by atoms with van der Waals surface area (Å²) in [6.45, 7) is 5.46. The molecule has 3 unspecified atom stereocenters. The van der Waals surface area contributed by atoms with E-state index in [0.29, 0.717) is 0 Å². The van der Waals surface area contributed by atoms with Gasteiger partial charge in [-0.2, -0.15) is 0 Å².